The Hall–Kier alpha value is -2.72. The van der Waals surface area contributed by atoms with Gasteiger partial charge in [-0.1, -0.05) is 61.4 Å². The molecule has 29 heavy (non-hydrogen) atoms. The number of para-hydroxylation sites is 1. The molecule has 4 nitrogen and oxygen atoms in total. The molecule has 150 valence electrons. The number of nitrogens with zero attached hydrogens (tertiary/aromatic N) is 2. The Labute approximate surface area is 173 Å². The topological polar surface area (TPSA) is 45.2 Å². The van der Waals surface area contributed by atoms with Gasteiger partial charge in [-0.05, 0) is 48.7 Å². The van der Waals surface area contributed by atoms with Crippen molar-refractivity contribution in [3.63, 3.8) is 0 Å². The minimum atomic E-state index is 0.0288. The highest BCUT2D eigenvalue weighted by molar-refractivity contribution is 5.87. The summed E-state index contributed by atoms with van der Waals surface area (Å²) in [7, 11) is 0. The molecule has 1 aliphatic rings. The first-order valence-corrected chi connectivity index (χ1v) is 10.7. The number of hydrogen-bond acceptors (Lipinski definition) is 3. The van der Waals surface area contributed by atoms with Crippen molar-refractivity contribution in [1.82, 2.24) is 15.2 Å². The Kier molecular flexibility index (Phi) is 6.52. The van der Waals surface area contributed by atoms with E-state index in [0.29, 0.717) is 13.0 Å². The van der Waals surface area contributed by atoms with Crippen molar-refractivity contribution in [3.05, 3.63) is 77.5 Å². The Balaban J connectivity index is 1.34. The van der Waals surface area contributed by atoms with E-state index in [-0.39, 0.29) is 5.91 Å². The van der Waals surface area contributed by atoms with Gasteiger partial charge in [0.25, 0.3) is 0 Å². The lowest BCUT2D eigenvalue weighted by atomic mass is 10.1. The third-order valence-corrected chi connectivity index (χ3v) is 5.65. The molecule has 4 heteroatoms. The van der Waals surface area contributed by atoms with Gasteiger partial charge >= 0.3 is 0 Å². The molecule has 1 fully saturated rings. The average Bonchev–Trinajstić information content (AvgIpc) is 3.02. The lowest BCUT2D eigenvalue weighted by Crippen LogP contribution is -2.25. The summed E-state index contributed by atoms with van der Waals surface area (Å²) < 4.78 is 0. The molecule has 0 bridgehead atoms. The fraction of sp³-hybridized carbons (Fsp3) is 0.360. The van der Waals surface area contributed by atoms with Gasteiger partial charge in [0, 0.05) is 24.7 Å². The van der Waals surface area contributed by atoms with E-state index >= 15 is 0 Å². The molecule has 2 aromatic carbocycles. The van der Waals surface area contributed by atoms with Crippen LogP contribution in [0.3, 0.4) is 0 Å². The van der Waals surface area contributed by atoms with Crippen molar-refractivity contribution < 1.29 is 4.79 Å². The molecule has 1 N–H and O–H groups in total. The molecule has 0 saturated carbocycles. The fourth-order valence-corrected chi connectivity index (χ4v) is 4.14. The van der Waals surface area contributed by atoms with Crippen LogP contribution < -0.4 is 5.32 Å². The number of rotatable bonds is 6. The van der Waals surface area contributed by atoms with Gasteiger partial charge in [-0.25, -0.2) is 0 Å². The van der Waals surface area contributed by atoms with Gasteiger partial charge in [0.1, 0.15) is 0 Å². The summed E-state index contributed by atoms with van der Waals surface area (Å²) in [6.45, 7) is 3.95. The van der Waals surface area contributed by atoms with E-state index in [9.17, 15) is 4.79 Å². The third kappa shape index (κ3) is 5.42. The number of carbonyl (C=O) groups excluding carboxylic acids is 1. The van der Waals surface area contributed by atoms with Gasteiger partial charge in [-0.2, -0.15) is 0 Å². The highest BCUT2D eigenvalue weighted by atomic mass is 16.1. The van der Waals surface area contributed by atoms with E-state index in [1.54, 1.807) is 6.20 Å². The zero-order valence-corrected chi connectivity index (χ0v) is 16.9. The number of likely N-dealkylation sites (tertiary alicyclic amines) is 1. The highest BCUT2D eigenvalue weighted by Crippen LogP contribution is 2.17. The summed E-state index contributed by atoms with van der Waals surface area (Å²) in [5.74, 6) is 0.0288. The zero-order valence-electron chi connectivity index (χ0n) is 16.9. The second-order valence-electron chi connectivity index (χ2n) is 7.96. The summed E-state index contributed by atoms with van der Waals surface area (Å²) >= 11 is 0. The van der Waals surface area contributed by atoms with E-state index in [4.69, 9.17) is 0 Å². The molecule has 0 spiro atoms. The molecule has 1 amide bonds. The van der Waals surface area contributed by atoms with Crippen molar-refractivity contribution in [2.24, 2.45) is 0 Å². The number of benzene rings is 2. The first kappa shape index (κ1) is 19.6. The molecular formula is C25H29N3O. The van der Waals surface area contributed by atoms with Crippen LogP contribution in [-0.4, -0.2) is 28.9 Å². The number of fused-ring (bicyclic) bond motifs is 1. The van der Waals surface area contributed by atoms with Crippen LogP contribution in [0.25, 0.3) is 10.9 Å². The minimum Gasteiger partial charge on any atom is -0.352 e. The molecule has 2 heterocycles. The molecule has 0 aliphatic carbocycles. The summed E-state index contributed by atoms with van der Waals surface area (Å²) in [5.41, 5.74) is 4.36. The lowest BCUT2D eigenvalue weighted by Gasteiger charge is -2.20. The van der Waals surface area contributed by atoms with Gasteiger partial charge in [0.15, 0.2) is 0 Å². The number of aromatic nitrogens is 1. The van der Waals surface area contributed by atoms with Crippen molar-refractivity contribution in [2.45, 2.75) is 45.2 Å². The number of nitrogens with one attached hydrogen (secondary N) is 1. The Morgan fingerprint density at radius 1 is 0.931 bits per heavy atom. The smallest absolute Gasteiger partial charge is 0.224 e. The van der Waals surface area contributed by atoms with Crippen molar-refractivity contribution >= 4 is 16.8 Å². The Bertz CT molecular complexity index is 956. The van der Waals surface area contributed by atoms with E-state index in [1.165, 1.54) is 44.3 Å². The Morgan fingerprint density at radius 3 is 2.55 bits per heavy atom. The van der Waals surface area contributed by atoms with Crippen LogP contribution in [0.2, 0.25) is 0 Å². The second kappa shape index (κ2) is 9.66. The Morgan fingerprint density at radius 2 is 1.69 bits per heavy atom. The molecule has 0 radical (unpaired) electrons. The standard InChI is InChI=1S/C25H29N3O/c29-24(17-23-11-6-10-22-12-7-13-26-25(22)23)27-18-20-8-5-9-21(16-20)19-28-14-3-1-2-4-15-28/h5-13,16H,1-4,14-15,17-19H2,(H,27,29). The van der Waals surface area contributed by atoms with Crippen LogP contribution in [0.15, 0.2) is 60.8 Å². The van der Waals surface area contributed by atoms with Crippen LogP contribution in [-0.2, 0) is 24.3 Å². The largest absolute Gasteiger partial charge is 0.352 e. The highest BCUT2D eigenvalue weighted by Gasteiger charge is 2.11. The first-order valence-electron chi connectivity index (χ1n) is 10.7. The summed E-state index contributed by atoms with van der Waals surface area (Å²) in [5, 5.41) is 4.14. The van der Waals surface area contributed by atoms with E-state index in [1.807, 2.05) is 30.3 Å². The predicted octanol–water partition coefficient (Wildman–Crippen LogP) is 4.47. The van der Waals surface area contributed by atoms with Gasteiger partial charge in [-0.3, -0.25) is 14.7 Å². The summed E-state index contributed by atoms with van der Waals surface area (Å²) in [6.07, 6.45) is 7.45. The summed E-state index contributed by atoms with van der Waals surface area (Å²) in [4.78, 5) is 19.5. The fourth-order valence-electron chi connectivity index (χ4n) is 4.14. The monoisotopic (exact) mass is 387 g/mol. The van der Waals surface area contributed by atoms with Crippen LogP contribution >= 0.6 is 0 Å². The van der Waals surface area contributed by atoms with Crippen molar-refractivity contribution in [3.8, 4) is 0 Å². The minimum absolute atomic E-state index is 0.0288. The second-order valence-corrected chi connectivity index (χ2v) is 7.96. The molecular weight excluding hydrogens is 358 g/mol. The van der Waals surface area contributed by atoms with Gasteiger partial charge in [-0.15, -0.1) is 0 Å². The van der Waals surface area contributed by atoms with Crippen molar-refractivity contribution in [2.75, 3.05) is 13.1 Å². The van der Waals surface area contributed by atoms with Crippen molar-refractivity contribution in [1.29, 1.82) is 0 Å². The number of hydrogen-bond donors (Lipinski definition) is 1. The van der Waals surface area contributed by atoms with Crippen LogP contribution in [0.5, 0.6) is 0 Å². The predicted molar refractivity (Wildman–Crippen MR) is 117 cm³/mol. The molecule has 1 aromatic heterocycles. The van der Waals surface area contributed by atoms with Gasteiger partial charge in [0.05, 0.1) is 11.9 Å². The van der Waals surface area contributed by atoms with Crippen LogP contribution in [0.1, 0.15) is 42.4 Å². The first-order chi connectivity index (χ1) is 14.3. The lowest BCUT2D eigenvalue weighted by molar-refractivity contribution is -0.120. The molecule has 1 aliphatic heterocycles. The maximum atomic E-state index is 12.5. The number of carbonyl (C=O) groups is 1. The molecule has 3 aromatic rings. The SMILES string of the molecule is O=C(Cc1cccc2cccnc12)NCc1cccc(CN2CCCCCC2)c1. The average molecular weight is 388 g/mol. The number of amides is 1. The zero-order chi connectivity index (χ0) is 19.9. The maximum absolute atomic E-state index is 12.5. The molecule has 4 rings (SSSR count). The van der Waals surface area contributed by atoms with E-state index in [2.05, 4.69) is 39.5 Å². The maximum Gasteiger partial charge on any atom is 0.224 e. The third-order valence-electron chi connectivity index (χ3n) is 5.65. The van der Waals surface area contributed by atoms with Crippen LogP contribution in [0, 0.1) is 0 Å². The summed E-state index contributed by atoms with van der Waals surface area (Å²) in [6, 6.07) is 18.6. The van der Waals surface area contributed by atoms with Crippen LogP contribution in [0.4, 0.5) is 0 Å². The van der Waals surface area contributed by atoms with Gasteiger partial charge < -0.3 is 5.32 Å². The normalized spacial score (nSPS) is 15.2. The van der Waals surface area contributed by atoms with E-state index < -0.39 is 0 Å². The van der Waals surface area contributed by atoms with Gasteiger partial charge in [0.2, 0.25) is 5.91 Å². The molecule has 0 unspecified atom stereocenters. The van der Waals surface area contributed by atoms with E-state index in [0.717, 1.165) is 28.6 Å². The quantitative estimate of drug-likeness (QED) is 0.679. The number of pyridine rings is 1. The molecule has 0 atom stereocenters. The molecule has 1 saturated heterocycles.